The van der Waals surface area contributed by atoms with Crippen molar-refractivity contribution in [2.45, 2.75) is 37.6 Å². The van der Waals surface area contributed by atoms with Gasteiger partial charge in [-0.3, -0.25) is 9.69 Å². The first-order valence-electron chi connectivity index (χ1n) is 10.3. The molecule has 1 saturated carbocycles. The molecule has 164 valence electrons. The van der Waals surface area contributed by atoms with Crippen LogP contribution in [0.2, 0.25) is 0 Å². The van der Waals surface area contributed by atoms with E-state index in [4.69, 9.17) is 4.74 Å². The third-order valence-electron chi connectivity index (χ3n) is 5.73. The maximum Gasteiger partial charge on any atom is 0.414 e. The number of amides is 2. The zero-order valence-corrected chi connectivity index (χ0v) is 18.7. The minimum atomic E-state index is -3.28. The standard InChI is InChI=1S/C23H26N2O5S/c1-15-13-24(23(27)30-14-17-4-5-17)22-12-19(8-11-21(22)25(15)16(2)26)18-6-9-20(10-7-18)31(3,28)29/h6-12,15,17H,4-5,13-14H2,1-3H3. The van der Waals surface area contributed by atoms with Gasteiger partial charge in [-0.05, 0) is 61.1 Å². The van der Waals surface area contributed by atoms with E-state index in [0.717, 1.165) is 24.0 Å². The van der Waals surface area contributed by atoms with Crippen molar-refractivity contribution in [3.05, 3.63) is 42.5 Å². The molecule has 2 amide bonds. The van der Waals surface area contributed by atoms with Gasteiger partial charge in [-0.2, -0.15) is 0 Å². The number of ether oxygens (including phenoxy) is 1. The van der Waals surface area contributed by atoms with Gasteiger partial charge in [0.15, 0.2) is 9.84 Å². The number of fused-ring (bicyclic) bond motifs is 1. The quantitative estimate of drug-likeness (QED) is 0.718. The number of benzene rings is 2. The summed E-state index contributed by atoms with van der Waals surface area (Å²) in [5, 5.41) is 0. The number of hydrogen-bond acceptors (Lipinski definition) is 5. The van der Waals surface area contributed by atoms with Gasteiger partial charge in [0.2, 0.25) is 5.91 Å². The first kappa shape index (κ1) is 21.4. The zero-order valence-electron chi connectivity index (χ0n) is 17.9. The summed E-state index contributed by atoms with van der Waals surface area (Å²) in [6, 6.07) is 12.0. The fourth-order valence-electron chi connectivity index (χ4n) is 3.90. The summed E-state index contributed by atoms with van der Waals surface area (Å²) >= 11 is 0. The summed E-state index contributed by atoms with van der Waals surface area (Å²) in [5.74, 6) is 0.365. The molecule has 1 unspecified atom stereocenters. The van der Waals surface area contributed by atoms with E-state index in [2.05, 4.69) is 0 Å². The Morgan fingerprint density at radius 3 is 2.26 bits per heavy atom. The molecule has 31 heavy (non-hydrogen) atoms. The highest BCUT2D eigenvalue weighted by Crippen LogP contribution is 2.39. The molecule has 0 aromatic heterocycles. The highest BCUT2D eigenvalue weighted by Gasteiger charge is 2.35. The summed E-state index contributed by atoms with van der Waals surface area (Å²) < 4.78 is 29.0. The zero-order chi connectivity index (χ0) is 22.3. The number of anilines is 2. The normalized spacial score (nSPS) is 18.5. The number of hydrogen-bond donors (Lipinski definition) is 0. The predicted octanol–water partition coefficient (Wildman–Crippen LogP) is 3.87. The second-order valence-corrected chi connectivity index (χ2v) is 10.4. The van der Waals surface area contributed by atoms with E-state index in [0.29, 0.717) is 30.4 Å². The molecule has 8 heteroatoms. The van der Waals surface area contributed by atoms with Crippen molar-refractivity contribution in [2.24, 2.45) is 5.92 Å². The molecule has 1 fully saturated rings. The Labute approximate surface area is 182 Å². The van der Waals surface area contributed by atoms with Crippen LogP contribution in [0.3, 0.4) is 0 Å². The molecule has 0 bridgehead atoms. The van der Waals surface area contributed by atoms with E-state index in [1.807, 2.05) is 25.1 Å². The summed E-state index contributed by atoms with van der Waals surface area (Å²) in [4.78, 5) is 28.7. The predicted molar refractivity (Wildman–Crippen MR) is 119 cm³/mol. The maximum absolute atomic E-state index is 12.9. The molecule has 1 aliphatic heterocycles. The van der Waals surface area contributed by atoms with E-state index >= 15 is 0 Å². The molecule has 1 aliphatic carbocycles. The van der Waals surface area contributed by atoms with E-state index in [9.17, 15) is 18.0 Å². The Morgan fingerprint density at radius 1 is 1.03 bits per heavy atom. The van der Waals surface area contributed by atoms with Gasteiger partial charge in [0, 0.05) is 19.7 Å². The molecular weight excluding hydrogens is 416 g/mol. The number of rotatable bonds is 4. The second kappa shape index (κ2) is 8.00. The fraction of sp³-hybridized carbons (Fsp3) is 0.391. The van der Waals surface area contributed by atoms with Crippen molar-refractivity contribution in [1.29, 1.82) is 0 Å². The van der Waals surface area contributed by atoms with Crippen LogP contribution in [0.1, 0.15) is 26.7 Å². The molecule has 0 radical (unpaired) electrons. The van der Waals surface area contributed by atoms with Crippen molar-refractivity contribution in [1.82, 2.24) is 0 Å². The van der Waals surface area contributed by atoms with E-state index in [1.165, 1.54) is 13.2 Å². The van der Waals surface area contributed by atoms with Crippen LogP contribution >= 0.6 is 0 Å². The lowest BCUT2D eigenvalue weighted by Gasteiger charge is -2.40. The lowest BCUT2D eigenvalue weighted by molar-refractivity contribution is -0.117. The SMILES string of the molecule is CC(=O)N1c2ccc(-c3ccc(S(C)(=O)=O)cc3)cc2N(C(=O)OCC2CC2)CC1C. The molecule has 1 heterocycles. The molecule has 0 N–H and O–H groups in total. The van der Waals surface area contributed by atoms with Crippen molar-refractivity contribution in [3.8, 4) is 11.1 Å². The van der Waals surface area contributed by atoms with Crippen LogP contribution in [-0.2, 0) is 19.4 Å². The van der Waals surface area contributed by atoms with E-state index in [-0.39, 0.29) is 16.8 Å². The van der Waals surface area contributed by atoms with Crippen molar-refractivity contribution in [3.63, 3.8) is 0 Å². The van der Waals surface area contributed by atoms with Gasteiger partial charge >= 0.3 is 6.09 Å². The van der Waals surface area contributed by atoms with Crippen LogP contribution < -0.4 is 9.80 Å². The highest BCUT2D eigenvalue weighted by molar-refractivity contribution is 7.90. The smallest absolute Gasteiger partial charge is 0.414 e. The lowest BCUT2D eigenvalue weighted by Crippen LogP contribution is -2.51. The number of nitrogens with zero attached hydrogens (tertiary/aromatic N) is 2. The highest BCUT2D eigenvalue weighted by atomic mass is 32.2. The van der Waals surface area contributed by atoms with E-state index in [1.54, 1.807) is 34.1 Å². The van der Waals surface area contributed by atoms with Crippen LogP contribution in [0.25, 0.3) is 11.1 Å². The van der Waals surface area contributed by atoms with Gasteiger partial charge in [-0.15, -0.1) is 0 Å². The number of carbonyl (C=O) groups is 2. The Balaban J connectivity index is 1.72. The molecule has 2 aliphatic rings. The molecule has 4 rings (SSSR count). The average molecular weight is 443 g/mol. The third-order valence-corrected chi connectivity index (χ3v) is 6.86. The summed E-state index contributed by atoms with van der Waals surface area (Å²) in [6.07, 6.45) is 2.94. The Kier molecular flexibility index (Phi) is 5.51. The third kappa shape index (κ3) is 4.44. The molecular formula is C23H26N2O5S. The van der Waals surface area contributed by atoms with Crippen LogP contribution in [0, 0.1) is 5.92 Å². The van der Waals surface area contributed by atoms with Crippen LogP contribution in [0.5, 0.6) is 0 Å². The van der Waals surface area contributed by atoms with Gasteiger partial charge < -0.3 is 9.64 Å². The average Bonchev–Trinajstić information content (AvgIpc) is 3.54. The second-order valence-electron chi connectivity index (χ2n) is 8.37. The van der Waals surface area contributed by atoms with Gasteiger partial charge in [0.05, 0.1) is 28.9 Å². The van der Waals surface area contributed by atoms with Crippen molar-refractivity contribution < 1.29 is 22.7 Å². The summed E-state index contributed by atoms with van der Waals surface area (Å²) in [5.41, 5.74) is 2.90. The molecule has 2 aromatic carbocycles. The molecule has 1 atom stereocenters. The van der Waals surface area contributed by atoms with Gasteiger partial charge in [0.1, 0.15) is 0 Å². The topological polar surface area (TPSA) is 84.0 Å². The first-order chi connectivity index (χ1) is 14.6. The molecule has 2 aromatic rings. The summed E-state index contributed by atoms with van der Waals surface area (Å²) in [6.45, 7) is 4.18. The monoisotopic (exact) mass is 442 g/mol. The summed E-state index contributed by atoms with van der Waals surface area (Å²) in [7, 11) is -3.28. The lowest BCUT2D eigenvalue weighted by atomic mass is 10.0. The van der Waals surface area contributed by atoms with E-state index < -0.39 is 15.9 Å². The largest absolute Gasteiger partial charge is 0.449 e. The Bertz CT molecular complexity index is 1120. The van der Waals surface area contributed by atoms with Crippen molar-refractivity contribution >= 4 is 33.2 Å². The Morgan fingerprint density at radius 2 is 1.68 bits per heavy atom. The van der Waals surface area contributed by atoms with Crippen LogP contribution in [0.15, 0.2) is 47.4 Å². The molecule has 7 nitrogen and oxygen atoms in total. The Hall–Kier alpha value is -2.87. The number of sulfone groups is 1. The van der Waals surface area contributed by atoms with Crippen molar-refractivity contribution in [2.75, 3.05) is 29.2 Å². The molecule has 0 spiro atoms. The number of carbonyl (C=O) groups excluding carboxylic acids is 2. The van der Waals surface area contributed by atoms with Crippen LogP contribution in [-0.4, -0.2) is 45.9 Å². The minimum Gasteiger partial charge on any atom is -0.449 e. The maximum atomic E-state index is 12.9. The molecule has 0 saturated heterocycles. The first-order valence-corrected chi connectivity index (χ1v) is 12.2. The minimum absolute atomic E-state index is 0.0926. The fourth-order valence-corrected chi connectivity index (χ4v) is 4.53. The van der Waals surface area contributed by atoms with Crippen LogP contribution in [0.4, 0.5) is 16.2 Å². The van der Waals surface area contributed by atoms with Gasteiger partial charge in [-0.1, -0.05) is 18.2 Å². The van der Waals surface area contributed by atoms with Gasteiger partial charge in [-0.25, -0.2) is 13.2 Å². The van der Waals surface area contributed by atoms with Gasteiger partial charge in [0.25, 0.3) is 0 Å².